The lowest BCUT2D eigenvalue weighted by molar-refractivity contribution is 0.768. The molecule has 3 aliphatic rings. The number of anilines is 6. The minimum Gasteiger partial charge on any atom is -0.310 e. The van der Waals surface area contributed by atoms with Crippen LogP contribution in [-0.4, -0.2) is 9.13 Å². The van der Waals surface area contributed by atoms with Gasteiger partial charge in [-0.15, -0.1) is 0 Å². The molecule has 0 amide bonds. The van der Waals surface area contributed by atoms with Gasteiger partial charge >= 0.3 is 0 Å². The summed E-state index contributed by atoms with van der Waals surface area (Å²) in [6, 6.07) is 206. The Kier molecular flexibility index (Phi) is 19.8. The van der Waals surface area contributed by atoms with Crippen LogP contribution in [0.3, 0.4) is 0 Å². The molecule has 4 nitrogen and oxygen atoms in total. The highest BCUT2D eigenvalue weighted by atomic mass is 15.1. The van der Waals surface area contributed by atoms with Gasteiger partial charge in [0.2, 0.25) is 0 Å². The molecule has 0 unspecified atom stereocenters. The van der Waals surface area contributed by atoms with E-state index in [1.807, 2.05) is 0 Å². The molecule has 0 atom stereocenters. The largest absolute Gasteiger partial charge is 0.310 e. The summed E-state index contributed by atoms with van der Waals surface area (Å²) in [5.74, 6) is 0. The maximum absolute atomic E-state index is 2.47. The first-order valence-electron chi connectivity index (χ1n) is 49.9. The van der Waals surface area contributed by atoms with Gasteiger partial charge in [-0.25, -0.2) is 0 Å². The van der Waals surface area contributed by atoms with Crippen LogP contribution in [0.25, 0.3) is 176 Å². The van der Waals surface area contributed by atoms with Crippen LogP contribution < -0.4 is 9.80 Å². The fraction of sp³-hybridized carbons (Fsp3) is 0.0143. The molecular weight excluding hydrogens is 1740 g/mol. The lowest BCUT2D eigenvalue weighted by Gasteiger charge is -2.35. The van der Waals surface area contributed by atoms with Gasteiger partial charge in [0.15, 0.2) is 0 Å². The van der Waals surface area contributed by atoms with Gasteiger partial charge in [0.25, 0.3) is 0 Å². The lowest BCUT2D eigenvalue weighted by atomic mass is 9.67. The summed E-state index contributed by atoms with van der Waals surface area (Å²) in [5.41, 5.74) is 43.0. The Balaban J connectivity index is 0.000000141. The second-order valence-electron chi connectivity index (χ2n) is 38.4. The SMILES string of the molecule is c1ccc(C2(c3ccccc3)c3ccccc3-c3ccc(N(c4ccc(-c5cccc(-c6ccc7c(c6)c6ccccc6n7-c6cccc7ccccc67)c5)cc4)c4ccc(-c5ccc6ccccc6c5)cc4)cc32)cc1.c1ccc(N(c2ccc(-c3cccc(-c4ccc5c(c4)c4ccccc4n5-c4cccc5ccccc45)c3)cc2)c2ccc3c(c2)C2(c4ccccc4-c4ccccc42)c2ccccc2-3)cc1. The predicted octanol–water partition coefficient (Wildman–Crippen LogP) is 37.0. The summed E-state index contributed by atoms with van der Waals surface area (Å²) in [6.07, 6.45) is 0. The van der Waals surface area contributed by atoms with Crippen molar-refractivity contribution in [2.24, 2.45) is 0 Å². The average Bonchev–Trinajstić information content (AvgIpc) is 1.51. The molecule has 144 heavy (non-hydrogen) atoms. The van der Waals surface area contributed by atoms with Crippen molar-refractivity contribution in [3.8, 4) is 100 Å². The topological polar surface area (TPSA) is 16.3 Å². The van der Waals surface area contributed by atoms with Crippen molar-refractivity contribution in [3.63, 3.8) is 0 Å². The van der Waals surface area contributed by atoms with Crippen LogP contribution in [0.1, 0.15) is 44.5 Å². The zero-order valence-corrected chi connectivity index (χ0v) is 78.9. The third-order valence-corrected chi connectivity index (χ3v) is 30.8. The summed E-state index contributed by atoms with van der Waals surface area (Å²) in [6.45, 7) is 0. The van der Waals surface area contributed by atoms with Gasteiger partial charge in [-0.2, -0.15) is 0 Å². The van der Waals surface area contributed by atoms with E-state index in [9.17, 15) is 0 Å². The van der Waals surface area contributed by atoms with Crippen molar-refractivity contribution in [3.05, 3.63) is 603 Å². The van der Waals surface area contributed by atoms with Crippen LogP contribution in [-0.2, 0) is 10.8 Å². The molecule has 0 N–H and O–H groups in total. The first-order chi connectivity index (χ1) is 71.4. The van der Waals surface area contributed by atoms with E-state index in [0.717, 1.165) is 39.7 Å². The number of hydrogen-bond acceptors (Lipinski definition) is 2. The number of para-hydroxylation sites is 3. The molecule has 3 aliphatic carbocycles. The molecule has 0 saturated heterocycles. The molecule has 4 heteroatoms. The van der Waals surface area contributed by atoms with Gasteiger partial charge in [0.1, 0.15) is 0 Å². The maximum atomic E-state index is 2.47. The number of fused-ring (bicyclic) bond motifs is 22. The number of nitrogens with zero attached hydrogens (tertiary/aromatic N) is 4. The molecule has 672 valence electrons. The van der Waals surface area contributed by atoms with Crippen molar-refractivity contribution in [1.82, 2.24) is 9.13 Å². The molecular formula is C140H92N4. The van der Waals surface area contributed by atoms with Crippen molar-refractivity contribution in [1.29, 1.82) is 0 Å². The molecule has 0 fully saturated rings. The normalized spacial score (nSPS) is 12.7. The standard InChI is InChI=1S/C75H50N2.C65H42N2/c1-3-23-60(24-4-1)75(61-25-5-2-6-26-61)70-30-13-11-28-66(70)67-45-44-64(50-71(67)75)76(63-42-37-53(38-43-63)58-34-33-51-17-7-8-19-55(51)48-58)62-40-35-52(36-41-62)56-21-15-22-57(47-56)59-39-46-74-69(49-59)68-29-12-14-31-73(68)77(74)72-32-16-20-54-18-9-10-27-65(54)72;1-2-20-48(21-3-1)66(50-37-38-55-54-25-8-12-29-60(54)65(61(55)42-50)58-27-10-6-23-52(58)53-24-7-11-28-59(53)65)49-35-32-43(33-36-49)45-18-14-19-46(40-45)47-34-39-64-57(41-47)56-26-9-13-30-63(56)67(64)62-31-15-17-44-16-4-5-22-51(44)62/h1-50H;1-42H. The van der Waals surface area contributed by atoms with Crippen LogP contribution in [0, 0.1) is 0 Å². The zero-order chi connectivity index (χ0) is 94.9. The smallest absolute Gasteiger partial charge is 0.0726 e. The van der Waals surface area contributed by atoms with E-state index in [2.05, 4.69) is 577 Å². The Morgan fingerprint density at radius 1 is 0.139 bits per heavy atom. The third kappa shape index (κ3) is 13.4. The first kappa shape index (κ1) is 83.4. The minimum atomic E-state index is -0.524. The number of rotatable bonds is 15. The molecule has 26 aromatic rings. The molecule has 0 bridgehead atoms. The summed E-state index contributed by atoms with van der Waals surface area (Å²) >= 11 is 0. The zero-order valence-electron chi connectivity index (χ0n) is 78.9. The average molecular weight is 1830 g/mol. The first-order valence-corrected chi connectivity index (χ1v) is 49.9. The van der Waals surface area contributed by atoms with Gasteiger partial charge in [-0.3, -0.25) is 0 Å². The van der Waals surface area contributed by atoms with Crippen LogP contribution in [0.2, 0.25) is 0 Å². The fourth-order valence-electron chi connectivity index (χ4n) is 24.4. The van der Waals surface area contributed by atoms with E-state index in [1.165, 1.54) is 215 Å². The van der Waals surface area contributed by atoms with Crippen LogP contribution in [0.4, 0.5) is 34.1 Å². The Morgan fingerprint density at radius 2 is 0.424 bits per heavy atom. The second-order valence-corrected chi connectivity index (χ2v) is 38.4. The van der Waals surface area contributed by atoms with Gasteiger partial charge in [0.05, 0.1) is 44.3 Å². The monoisotopic (exact) mass is 1830 g/mol. The minimum absolute atomic E-state index is 0.412. The molecule has 1 spiro atoms. The fourth-order valence-corrected chi connectivity index (χ4v) is 24.4. The Bertz CT molecular complexity index is 9470. The van der Waals surface area contributed by atoms with Crippen molar-refractivity contribution in [2.45, 2.75) is 10.8 Å². The van der Waals surface area contributed by atoms with Crippen LogP contribution in [0.15, 0.2) is 558 Å². The van der Waals surface area contributed by atoms with Gasteiger partial charge < -0.3 is 18.9 Å². The lowest BCUT2D eigenvalue weighted by Crippen LogP contribution is -2.28. The molecule has 24 aromatic carbocycles. The molecule has 0 radical (unpaired) electrons. The number of hydrogen-bond donors (Lipinski definition) is 0. The highest BCUT2D eigenvalue weighted by Gasteiger charge is 2.52. The summed E-state index contributed by atoms with van der Waals surface area (Å²) in [4.78, 5) is 4.84. The van der Waals surface area contributed by atoms with Crippen molar-refractivity contribution >= 4 is 110 Å². The number of aromatic nitrogens is 2. The summed E-state index contributed by atoms with van der Waals surface area (Å²) in [5, 5.41) is 12.4. The van der Waals surface area contributed by atoms with Crippen molar-refractivity contribution in [2.75, 3.05) is 9.80 Å². The third-order valence-electron chi connectivity index (χ3n) is 30.8. The van der Waals surface area contributed by atoms with Crippen LogP contribution >= 0.6 is 0 Å². The van der Waals surface area contributed by atoms with E-state index < -0.39 is 10.8 Å². The van der Waals surface area contributed by atoms with Crippen LogP contribution in [0.5, 0.6) is 0 Å². The quantitative estimate of drug-likeness (QED) is 0.102. The number of benzene rings is 24. The van der Waals surface area contributed by atoms with Gasteiger partial charge in [-0.1, -0.05) is 419 Å². The summed E-state index contributed by atoms with van der Waals surface area (Å²) in [7, 11) is 0. The van der Waals surface area contributed by atoms with E-state index >= 15 is 0 Å². The van der Waals surface area contributed by atoms with E-state index in [-0.39, 0.29) is 0 Å². The molecule has 0 aliphatic heterocycles. The molecule has 2 aromatic heterocycles. The highest BCUT2D eigenvalue weighted by molar-refractivity contribution is 6.14. The van der Waals surface area contributed by atoms with Gasteiger partial charge in [0, 0.05) is 66.4 Å². The Hall–Kier alpha value is -18.7. The maximum Gasteiger partial charge on any atom is 0.0726 e. The summed E-state index contributed by atoms with van der Waals surface area (Å²) < 4.78 is 4.86. The molecule has 2 heterocycles. The molecule has 0 saturated carbocycles. The highest BCUT2D eigenvalue weighted by Crippen LogP contribution is 2.64. The predicted molar refractivity (Wildman–Crippen MR) is 604 cm³/mol. The molecule has 29 rings (SSSR count). The Labute approximate surface area is 836 Å². The Morgan fingerprint density at radius 3 is 0.861 bits per heavy atom. The van der Waals surface area contributed by atoms with E-state index in [0.29, 0.717) is 0 Å². The van der Waals surface area contributed by atoms with Gasteiger partial charge in [-0.05, 0) is 295 Å². The van der Waals surface area contributed by atoms with Crippen molar-refractivity contribution < 1.29 is 0 Å². The van der Waals surface area contributed by atoms with E-state index in [4.69, 9.17) is 0 Å². The second kappa shape index (κ2) is 34.1. The van der Waals surface area contributed by atoms with E-state index in [1.54, 1.807) is 0 Å².